The van der Waals surface area contributed by atoms with Gasteiger partial charge in [-0.05, 0) is 60.3 Å². The first-order valence-electron chi connectivity index (χ1n) is 7.08. The highest BCUT2D eigenvalue weighted by Crippen LogP contribution is 2.36. The zero-order chi connectivity index (χ0) is 15.1. The van der Waals surface area contributed by atoms with Gasteiger partial charge in [-0.1, -0.05) is 0 Å². The van der Waals surface area contributed by atoms with Crippen molar-refractivity contribution in [3.8, 4) is 0 Å². The maximum atomic E-state index is 6.08. The van der Waals surface area contributed by atoms with Gasteiger partial charge in [0.2, 0.25) is 0 Å². The minimum atomic E-state index is -0.332. The van der Waals surface area contributed by atoms with E-state index in [1.54, 1.807) is 0 Å². The van der Waals surface area contributed by atoms with Gasteiger partial charge in [-0.25, -0.2) is 0 Å². The molecule has 2 heterocycles. The highest BCUT2D eigenvalue weighted by Gasteiger charge is 2.52. The molecule has 0 spiro atoms. The van der Waals surface area contributed by atoms with Gasteiger partial charge in [-0.3, -0.25) is 4.98 Å². The SMILES string of the molecule is Cc1cc(CN(C)C)ncc1B1OC(C)(C)C(C)(C)O1. The fourth-order valence-electron chi connectivity index (χ4n) is 2.25. The van der Waals surface area contributed by atoms with Crippen LogP contribution in [0.3, 0.4) is 0 Å². The first-order chi connectivity index (χ1) is 9.12. The van der Waals surface area contributed by atoms with Crippen LogP contribution >= 0.6 is 0 Å². The van der Waals surface area contributed by atoms with E-state index in [0.29, 0.717) is 0 Å². The standard InChI is InChI=1S/C15H25BN2O2/c1-11-8-12(10-18(6)7)17-9-13(11)16-19-14(2,3)15(4,5)20-16/h8-9H,10H2,1-7H3. The molecule has 1 aromatic heterocycles. The molecule has 1 aromatic rings. The lowest BCUT2D eigenvalue weighted by Gasteiger charge is -2.32. The van der Waals surface area contributed by atoms with E-state index in [1.165, 1.54) is 0 Å². The van der Waals surface area contributed by atoms with Crippen LogP contribution in [0.5, 0.6) is 0 Å². The van der Waals surface area contributed by atoms with Gasteiger partial charge in [0.15, 0.2) is 0 Å². The Balaban J connectivity index is 2.23. The summed E-state index contributed by atoms with van der Waals surface area (Å²) in [6, 6.07) is 2.11. The van der Waals surface area contributed by atoms with E-state index in [-0.39, 0.29) is 18.3 Å². The van der Waals surface area contributed by atoms with Crippen molar-refractivity contribution in [2.24, 2.45) is 0 Å². The molecule has 0 bridgehead atoms. The second kappa shape index (κ2) is 5.13. The zero-order valence-electron chi connectivity index (χ0n) is 13.7. The Morgan fingerprint density at radius 3 is 2.15 bits per heavy atom. The monoisotopic (exact) mass is 276 g/mol. The number of aryl methyl sites for hydroxylation is 1. The van der Waals surface area contributed by atoms with Crippen molar-refractivity contribution in [3.63, 3.8) is 0 Å². The van der Waals surface area contributed by atoms with Crippen molar-refractivity contribution in [3.05, 3.63) is 23.5 Å². The molecular formula is C15H25BN2O2. The number of hydrogen-bond donors (Lipinski definition) is 0. The van der Waals surface area contributed by atoms with Crippen molar-refractivity contribution in [2.75, 3.05) is 14.1 Å². The Morgan fingerprint density at radius 2 is 1.70 bits per heavy atom. The van der Waals surface area contributed by atoms with Gasteiger partial charge in [-0.15, -0.1) is 0 Å². The summed E-state index contributed by atoms with van der Waals surface area (Å²) in [6.45, 7) is 11.2. The van der Waals surface area contributed by atoms with E-state index in [2.05, 4.69) is 50.6 Å². The third-order valence-electron chi connectivity index (χ3n) is 4.19. The van der Waals surface area contributed by atoms with Crippen LogP contribution in [0.4, 0.5) is 0 Å². The summed E-state index contributed by atoms with van der Waals surface area (Å²) in [5, 5.41) is 0. The molecule has 0 radical (unpaired) electrons. The number of rotatable bonds is 3. The van der Waals surface area contributed by atoms with E-state index in [1.807, 2.05) is 20.3 Å². The van der Waals surface area contributed by atoms with E-state index in [0.717, 1.165) is 23.3 Å². The summed E-state index contributed by atoms with van der Waals surface area (Å²) in [6.07, 6.45) is 1.89. The van der Waals surface area contributed by atoms with Crippen molar-refractivity contribution in [2.45, 2.75) is 52.4 Å². The first kappa shape index (κ1) is 15.5. The maximum Gasteiger partial charge on any atom is 0.496 e. The lowest BCUT2D eigenvalue weighted by atomic mass is 9.77. The van der Waals surface area contributed by atoms with Crippen molar-refractivity contribution >= 4 is 12.6 Å². The summed E-state index contributed by atoms with van der Waals surface area (Å²) in [4.78, 5) is 6.63. The Hall–Kier alpha value is -0.905. The lowest BCUT2D eigenvalue weighted by Crippen LogP contribution is -2.41. The van der Waals surface area contributed by atoms with Crippen molar-refractivity contribution < 1.29 is 9.31 Å². The van der Waals surface area contributed by atoms with Gasteiger partial charge < -0.3 is 14.2 Å². The van der Waals surface area contributed by atoms with E-state index < -0.39 is 0 Å². The number of aromatic nitrogens is 1. The van der Waals surface area contributed by atoms with Crippen LogP contribution in [-0.2, 0) is 15.9 Å². The molecule has 0 unspecified atom stereocenters. The molecule has 110 valence electrons. The molecule has 0 amide bonds. The Bertz CT molecular complexity index is 485. The van der Waals surface area contributed by atoms with Gasteiger partial charge in [0, 0.05) is 18.2 Å². The smallest absolute Gasteiger partial charge is 0.399 e. The largest absolute Gasteiger partial charge is 0.496 e. The quantitative estimate of drug-likeness (QED) is 0.788. The molecule has 2 rings (SSSR count). The first-order valence-corrected chi connectivity index (χ1v) is 7.08. The molecule has 0 aliphatic carbocycles. The average molecular weight is 276 g/mol. The number of pyridine rings is 1. The van der Waals surface area contributed by atoms with Gasteiger partial charge in [0.05, 0.1) is 16.9 Å². The lowest BCUT2D eigenvalue weighted by molar-refractivity contribution is 0.00578. The Morgan fingerprint density at radius 1 is 1.15 bits per heavy atom. The molecule has 0 N–H and O–H groups in total. The number of nitrogens with zero attached hydrogens (tertiary/aromatic N) is 2. The normalized spacial score (nSPS) is 20.7. The van der Waals surface area contributed by atoms with Crippen LogP contribution < -0.4 is 5.46 Å². The molecule has 1 saturated heterocycles. The third-order valence-corrected chi connectivity index (χ3v) is 4.19. The summed E-state index contributed by atoms with van der Waals surface area (Å²) in [5.41, 5.74) is 2.62. The van der Waals surface area contributed by atoms with Crippen LogP contribution in [-0.4, -0.2) is 42.3 Å². The molecular weight excluding hydrogens is 251 g/mol. The molecule has 0 atom stereocenters. The summed E-state index contributed by atoms with van der Waals surface area (Å²) >= 11 is 0. The minimum Gasteiger partial charge on any atom is -0.399 e. The van der Waals surface area contributed by atoms with E-state index in [9.17, 15) is 0 Å². The predicted octanol–water partition coefficient (Wildman–Crippen LogP) is 1.75. The van der Waals surface area contributed by atoms with Crippen LogP contribution in [0.2, 0.25) is 0 Å². The topological polar surface area (TPSA) is 34.6 Å². The van der Waals surface area contributed by atoms with Crippen molar-refractivity contribution in [1.82, 2.24) is 9.88 Å². The Labute approximate surface area is 122 Å². The molecule has 0 aromatic carbocycles. The molecule has 5 heteroatoms. The molecule has 20 heavy (non-hydrogen) atoms. The molecule has 1 fully saturated rings. The van der Waals surface area contributed by atoms with Crippen LogP contribution in [0.1, 0.15) is 39.0 Å². The summed E-state index contributed by atoms with van der Waals surface area (Å²) in [7, 11) is 3.75. The van der Waals surface area contributed by atoms with E-state index >= 15 is 0 Å². The fraction of sp³-hybridized carbons (Fsp3) is 0.667. The highest BCUT2D eigenvalue weighted by molar-refractivity contribution is 6.62. The van der Waals surface area contributed by atoms with Gasteiger partial charge in [0.1, 0.15) is 0 Å². The van der Waals surface area contributed by atoms with E-state index in [4.69, 9.17) is 9.31 Å². The molecule has 0 saturated carbocycles. The molecule has 1 aliphatic heterocycles. The zero-order valence-corrected chi connectivity index (χ0v) is 13.7. The predicted molar refractivity (Wildman–Crippen MR) is 82.1 cm³/mol. The minimum absolute atomic E-state index is 0.313. The fourth-order valence-corrected chi connectivity index (χ4v) is 2.25. The molecule has 1 aliphatic rings. The highest BCUT2D eigenvalue weighted by atomic mass is 16.7. The van der Waals surface area contributed by atoms with Crippen LogP contribution in [0.25, 0.3) is 0 Å². The third kappa shape index (κ3) is 2.90. The average Bonchev–Trinajstić information content (AvgIpc) is 2.46. The summed E-state index contributed by atoms with van der Waals surface area (Å²) in [5.74, 6) is 0. The summed E-state index contributed by atoms with van der Waals surface area (Å²) < 4.78 is 12.2. The van der Waals surface area contributed by atoms with Gasteiger partial charge in [-0.2, -0.15) is 0 Å². The molecule has 4 nitrogen and oxygen atoms in total. The maximum absolute atomic E-state index is 6.08. The Kier molecular flexibility index (Phi) is 3.97. The van der Waals surface area contributed by atoms with Crippen LogP contribution in [0, 0.1) is 6.92 Å². The van der Waals surface area contributed by atoms with Gasteiger partial charge in [0.25, 0.3) is 0 Å². The second-order valence-electron chi connectivity index (χ2n) is 6.86. The van der Waals surface area contributed by atoms with Crippen LogP contribution in [0.15, 0.2) is 12.3 Å². The van der Waals surface area contributed by atoms with Gasteiger partial charge >= 0.3 is 7.12 Å². The van der Waals surface area contributed by atoms with Crippen molar-refractivity contribution in [1.29, 1.82) is 0 Å². The second-order valence-corrected chi connectivity index (χ2v) is 6.86. The number of hydrogen-bond acceptors (Lipinski definition) is 4.